The van der Waals surface area contributed by atoms with Crippen LogP contribution in [0.5, 0.6) is 0 Å². The Morgan fingerprint density at radius 3 is 2.74 bits per heavy atom. The summed E-state index contributed by atoms with van der Waals surface area (Å²) in [6, 6.07) is 2.93. The van der Waals surface area contributed by atoms with Crippen molar-refractivity contribution in [2.45, 2.75) is 58.5 Å². The van der Waals surface area contributed by atoms with E-state index >= 15 is 0 Å². The van der Waals surface area contributed by atoms with Crippen molar-refractivity contribution in [3.8, 4) is 0 Å². The second-order valence-corrected chi connectivity index (χ2v) is 8.08. The van der Waals surface area contributed by atoms with Crippen LogP contribution in [0.15, 0.2) is 24.7 Å². The van der Waals surface area contributed by atoms with Gasteiger partial charge in [-0.05, 0) is 62.4 Å². The van der Waals surface area contributed by atoms with Gasteiger partial charge in [-0.1, -0.05) is 6.42 Å². The monoisotopic (exact) mass is 361 g/mol. The van der Waals surface area contributed by atoms with E-state index in [2.05, 4.69) is 32.4 Å². The summed E-state index contributed by atoms with van der Waals surface area (Å²) >= 11 is 0. The molecule has 0 bridgehead atoms. The van der Waals surface area contributed by atoms with Gasteiger partial charge >= 0.3 is 0 Å². The Hall–Kier alpha value is -2.27. The third-order valence-electron chi connectivity index (χ3n) is 6.23. The van der Waals surface area contributed by atoms with Gasteiger partial charge in [0, 0.05) is 55.2 Å². The SMILES string of the molecule is Cc1cnc2c(c1)c1c(n2CCc2cnc(C)nc2)CCN2CCCCC12. The Labute approximate surface area is 160 Å². The van der Waals surface area contributed by atoms with Crippen LogP contribution >= 0.6 is 0 Å². The Kier molecular flexibility index (Phi) is 4.20. The van der Waals surface area contributed by atoms with E-state index in [4.69, 9.17) is 4.98 Å². The number of pyridine rings is 1. The molecule has 1 saturated heterocycles. The van der Waals surface area contributed by atoms with Gasteiger partial charge in [0.15, 0.2) is 0 Å². The number of aromatic nitrogens is 4. The summed E-state index contributed by atoms with van der Waals surface area (Å²) in [4.78, 5) is 16.3. The maximum absolute atomic E-state index is 4.86. The van der Waals surface area contributed by atoms with Crippen LogP contribution < -0.4 is 0 Å². The molecule has 1 unspecified atom stereocenters. The van der Waals surface area contributed by atoms with Crippen LogP contribution in [-0.4, -0.2) is 37.5 Å². The molecule has 5 rings (SSSR count). The molecule has 2 aliphatic heterocycles. The smallest absolute Gasteiger partial charge is 0.140 e. The number of aryl methyl sites for hydroxylation is 4. The van der Waals surface area contributed by atoms with E-state index < -0.39 is 0 Å². The molecule has 5 heteroatoms. The lowest BCUT2D eigenvalue weighted by Gasteiger charge is -2.39. The minimum absolute atomic E-state index is 0.581. The number of hydrogen-bond acceptors (Lipinski definition) is 4. The molecule has 3 aromatic heterocycles. The highest BCUT2D eigenvalue weighted by Gasteiger charge is 2.34. The highest BCUT2D eigenvalue weighted by Crippen LogP contribution is 2.41. The van der Waals surface area contributed by atoms with Crippen molar-refractivity contribution < 1.29 is 0 Å². The van der Waals surface area contributed by atoms with E-state index in [9.17, 15) is 0 Å². The zero-order valence-electron chi connectivity index (χ0n) is 16.3. The van der Waals surface area contributed by atoms with Crippen molar-refractivity contribution in [3.63, 3.8) is 0 Å². The first-order valence-corrected chi connectivity index (χ1v) is 10.2. The summed E-state index contributed by atoms with van der Waals surface area (Å²) in [5, 5.41) is 1.38. The first-order valence-electron chi connectivity index (χ1n) is 10.2. The Bertz CT molecular complexity index is 973. The zero-order chi connectivity index (χ0) is 18.4. The Balaban J connectivity index is 1.57. The Morgan fingerprint density at radius 1 is 1.04 bits per heavy atom. The normalized spacial score (nSPS) is 19.9. The largest absolute Gasteiger partial charge is 0.329 e. The average molecular weight is 361 g/mol. The van der Waals surface area contributed by atoms with E-state index in [1.54, 1.807) is 5.56 Å². The minimum atomic E-state index is 0.581. The van der Waals surface area contributed by atoms with Gasteiger partial charge < -0.3 is 4.57 Å². The number of nitrogens with zero attached hydrogens (tertiary/aromatic N) is 5. The van der Waals surface area contributed by atoms with Crippen LogP contribution in [0.4, 0.5) is 0 Å². The summed E-state index contributed by atoms with van der Waals surface area (Å²) in [6.45, 7) is 7.46. The molecule has 0 spiro atoms. The van der Waals surface area contributed by atoms with Crippen LogP contribution in [0.1, 0.15) is 53.5 Å². The van der Waals surface area contributed by atoms with Gasteiger partial charge in [-0.15, -0.1) is 0 Å². The lowest BCUT2D eigenvalue weighted by atomic mass is 9.89. The van der Waals surface area contributed by atoms with Crippen LogP contribution in [0, 0.1) is 13.8 Å². The van der Waals surface area contributed by atoms with Crippen LogP contribution in [0.3, 0.4) is 0 Å². The first kappa shape index (κ1) is 16.9. The molecule has 0 amide bonds. The molecule has 5 nitrogen and oxygen atoms in total. The summed E-state index contributed by atoms with van der Waals surface area (Å²) in [5.41, 5.74) is 6.68. The fraction of sp³-hybridized carbons (Fsp3) is 0.500. The second-order valence-electron chi connectivity index (χ2n) is 8.08. The zero-order valence-corrected chi connectivity index (χ0v) is 16.3. The third kappa shape index (κ3) is 2.94. The highest BCUT2D eigenvalue weighted by atomic mass is 15.2. The molecule has 0 aromatic carbocycles. The topological polar surface area (TPSA) is 46.8 Å². The predicted molar refractivity (Wildman–Crippen MR) is 107 cm³/mol. The maximum atomic E-state index is 4.86. The number of hydrogen-bond donors (Lipinski definition) is 0. The van der Waals surface area contributed by atoms with E-state index in [1.165, 1.54) is 54.6 Å². The van der Waals surface area contributed by atoms with Gasteiger partial charge in [0.1, 0.15) is 11.5 Å². The molecule has 0 radical (unpaired) electrons. The van der Waals surface area contributed by atoms with Gasteiger partial charge in [0.2, 0.25) is 0 Å². The molecule has 27 heavy (non-hydrogen) atoms. The average Bonchev–Trinajstić information content (AvgIpc) is 3.01. The molecular formula is C22H27N5. The van der Waals surface area contributed by atoms with Crippen LogP contribution in [-0.2, 0) is 19.4 Å². The van der Waals surface area contributed by atoms with Gasteiger partial charge in [0.05, 0.1) is 0 Å². The van der Waals surface area contributed by atoms with Gasteiger partial charge in [-0.25, -0.2) is 15.0 Å². The predicted octanol–water partition coefficient (Wildman–Crippen LogP) is 3.77. The molecule has 0 saturated carbocycles. The lowest BCUT2D eigenvalue weighted by molar-refractivity contribution is 0.138. The Morgan fingerprint density at radius 2 is 1.89 bits per heavy atom. The van der Waals surface area contributed by atoms with E-state index in [-0.39, 0.29) is 0 Å². The summed E-state index contributed by atoms with van der Waals surface area (Å²) in [6.07, 6.45) is 12.0. The summed E-state index contributed by atoms with van der Waals surface area (Å²) in [5.74, 6) is 0.831. The molecule has 1 atom stereocenters. The minimum Gasteiger partial charge on any atom is -0.329 e. The van der Waals surface area contributed by atoms with Gasteiger partial charge in [-0.3, -0.25) is 4.90 Å². The van der Waals surface area contributed by atoms with Crippen LogP contribution in [0.25, 0.3) is 11.0 Å². The van der Waals surface area contributed by atoms with Crippen molar-refractivity contribution in [1.29, 1.82) is 0 Å². The molecule has 0 N–H and O–H groups in total. The molecular weight excluding hydrogens is 334 g/mol. The van der Waals surface area contributed by atoms with Gasteiger partial charge in [-0.2, -0.15) is 0 Å². The molecule has 1 fully saturated rings. The van der Waals surface area contributed by atoms with Crippen molar-refractivity contribution in [2.75, 3.05) is 13.1 Å². The first-order chi connectivity index (χ1) is 13.2. The van der Waals surface area contributed by atoms with Crippen molar-refractivity contribution in [1.82, 2.24) is 24.4 Å². The molecule has 2 aliphatic rings. The van der Waals surface area contributed by atoms with Crippen molar-refractivity contribution in [3.05, 3.63) is 52.9 Å². The molecule has 5 heterocycles. The van der Waals surface area contributed by atoms with E-state index in [1.807, 2.05) is 25.5 Å². The quantitative estimate of drug-likeness (QED) is 0.712. The van der Waals surface area contributed by atoms with Crippen LogP contribution in [0.2, 0.25) is 0 Å². The fourth-order valence-electron chi connectivity index (χ4n) is 4.91. The number of piperidine rings is 1. The molecule has 140 valence electrons. The van der Waals surface area contributed by atoms with Gasteiger partial charge in [0.25, 0.3) is 0 Å². The number of fused-ring (bicyclic) bond motifs is 5. The summed E-state index contributed by atoms with van der Waals surface area (Å²) in [7, 11) is 0. The third-order valence-corrected chi connectivity index (χ3v) is 6.23. The van der Waals surface area contributed by atoms with Crippen molar-refractivity contribution >= 4 is 11.0 Å². The van der Waals surface area contributed by atoms with Crippen molar-refractivity contribution in [2.24, 2.45) is 0 Å². The highest BCUT2D eigenvalue weighted by molar-refractivity contribution is 5.84. The van der Waals surface area contributed by atoms with E-state index in [0.29, 0.717) is 6.04 Å². The lowest BCUT2D eigenvalue weighted by Crippen LogP contribution is -2.39. The maximum Gasteiger partial charge on any atom is 0.140 e. The molecule has 3 aromatic rings. The standard InChI is InChI=1S/C22H27N5/c1-15-11-18-21-19-5-3-4-8-26(19)9-7-20(21)27(22(18)25-12-15)10-6-17-13-23-16(2)24-14-17/h11-14,19H,3-10H2,1-2H3. The fourth-order valence-corrected chi connectivity index (χ4v) is 4.91. The molecule has 0 aliphatic carbocycles. The van der Waals surface area contributed by atoms with E-state index in [0.717, 1.165) is 30.9 Å². The summed E-state index contributed by atoms with van der Waals surface area (Å²) < 4.78 is 2.48. The number of rotatable bonds is 3. The second kappa shape index (κ2) is 6.71.